The molecule has 0 amide bonds. The minimum absolute atomic E-state index is 0.0208. The van der Waals surface area contributed by atoms with Gasteiger partial charge in [0.1, 0.15) is 19.8 Å². The number of allylic oxidation sites excluding steroid dienone is 12. The molecule has 0 aromatic rings. The zero-order valence-corrected chi connectivity index (χ0v) is 35.6. The number of ether oxygens (including phenoxy) is 2. The molecule has 54 heavy (non-hydrogen) atoms. The van der Waals surface area contributed by atoms with E-state index < -0.39 is 32.5 Å². The van der Waals surface area contributed by atoms with Gasteiger partial charge in [0.05, 0.1) is 27.7 Å². The Kier molecular flexibility index (Phi) is 34.4. The van der Waals surface area contributed by atoms with Crippen molar-refractivity contribution in [2.24, 2.45) is 0 Å². The van der Waals surface area contributed by atoms with E-state index in [9.17, 15) is 19.0 Å². The van der Waals surface area contributed by atoms with E-state index in [0.717, 1.165) is 83.5 Å². The molecule has 0 aromatic carbocycles. The van der Waals surface area contributed by atoms with Crippen LogP contribution in [0.2, 0.25) is 0 Å². The van der Waals surface area contributed by atoms with Crippen LogP contribution in [0.5, 0.6) is 0 Å². The molecule has 0 saturated heterocycles. The van der Waals surface area contributed by atoms with Crippen LogP contribution in [0, 0.1) is 0 Å². The predicted octanol–water partition coefficient (Wildman–Crippen LogP) is 11.5. The highest BCUT2D eigenvalue weighted by Gasteiger charge is 2.27. The monoisotopic (exact) mass is 779 g/mol. The number of unbranched alkanes of at least 4 members (excludes halogenated alkanes) is 10. The number of likely N-dealkylation sites (N-methyl/N-ethyl adjacent to an activating group) is 1. The summed E-state index contributed by atoms with van der Waals surface area (Å²) in [4.78, 5) is 35.3. The Balaban J connectivity index is 4.46. The molecule has 0 saturated carbocycles. The maximum Gasteiger partial charge on any atom is 0.472 e. The Bertz CT molecular complexity index is 1150. The Hall–Kier alpha value is -2.55. The molecule has 2 atom stereocenters. The first-order valence-electron chi connectivity index (χ1n) is 20.7. The lowest BCUT2D eigenvalue weighted by atomic mass is 10.1. The van der Waals surface area contributed by atoms with Crippen LogP contribution >= 0.6 is 7.82 Å². The molecule has 0 radical (unpaired) electrons. The van der Waals surface area contributed by atoms with Crippen molar-refractivity contribution in [2.45, 2.75) is 148 Å². The Morgan fingerprint density at radius 3 is 1.50 bits per heavy atom. The van der Waals surface area contributed by atoms with Crippen molar-refractivity contribution < 1.29 is 42.1 Å². The second-order valence-electron chi connectivity index (χ2n) is 14.6. The lowest BCUT2D eigenvalue weighted by molar-refractivity contribution is -0.870. The van der Waals surface area contributed by atoms with Gasteiger partial charge in [-0.3, -0.25) is 18.6 Å². The van der Waals surface area contributed by atoms with E-state index in [-0.39, 0.29) is 26.1 Å². The summed E-state index contributed by atoms with van der Waals surface area (Å²) < 4.78 is 34.2. The number of phosphoric acid groups is 1. The van der Waals surface area contributed by atoms with Crippen LogP contribution < -0.4 is 0 Å². The highest BCUT2D eigenvalue weighted by Crippen LogP contribution is 2.43. The third-order valence-corrected chi connectivity index (χ3v) is 9.22. The highest BCUT2D eigenvalue weighted by molar-refractivity contribution is 7.47. The molecule has 0 bridgehead atoms. The highest BCUT2D eigenvalue weighted by atomic mass is 31.2. The molecule has 0 aromatic heterocycles. The molecule has 0 aliphatic heterocycles. The smallest absolute Gasteiger partial charge is 0.462 e. The van der Waals surface area contributed by atoms with E-state index in [4.69, 9.17) is 18.5 Å². The van der Waals surface area contributed by atoms with Crippen LogP contribution in [-0.4, -0.2) is 74.9 Å². The summed E-state index contributed by atoms with van der Waals surface area (Å²) in [7, 11) is 1.44. The standard InChI is InChI=1S/C44H76NO8P/c1-6-8-10-12-14-16-18-20-21-22-23-25-27-29-31-33-35-37-44(47)53-42(41-52-54(48,49)51-39-38-45(3,4)5)40-50-43(46)36-34-32-30-28-26-24-19-17-15-13-11-9-7-2/h8-11,14-17,20-21,24,26,42H,6-7,12-13,18-19,22-23,25,27-41H2,1-5H3/p+1/b10-8-,11-9-,16-14-,17-15-,21-20-,26-24-. The van der Waals surface area contributed by atoms with Gasteiger partial charge in [0.15, 0.2) is 6.10 Å². The minimum Gasteiger partial charge on any atom is -0.462 e. The van der Waals surface area contributed by atoms with Crippen molar-refractivity contribution in [1.29, 1.82) is 0 Å². The van der Waals surface area contributed by atoms with Gasteiger partial charge >= 0.3 is 19.8 Å². The van der Waals surface area contributed by atoms with E-state index in [1.54, 1.807) is 0 Å². The predicted molar refractivity (Wildman–Crippen MR) is 224 cm³/mol. The van der Waals surface area contributed by atoms with E-state index in [0.29, 0.717) is 23.9 Å². The molecule has 0 rings (SSSR count). The molecule has 0 fully saturated rings. The first-order chi connectivity index (χ1) is 26.0. The van der Waals surface area contributed by atoms with Crippen LogP contribution in [-0.2, 0) is 32.7 Å². The topological polar surface area (TPSA) is 108 Å². The average molecular weight is 779 g/mol. The number of hydrogen-bond donors (Lipinski definition) is 1. The summed E-state index contributed by atoms with van der Waals surface area (Å²) in [6.07, 6.45) is 43.8. The molecule has 0 spiro atoms. The molecular weight excluding hydrogens is 701 g/mol. The summed E-state index contributed by atoms with van der Waals surface area (Å²) in [5.41, 5.74) is 0. The van der Waals surface area contributed by atoms with Crippen LogP contribution in [0.1, 0.15) is 142 Å². The van der Waals surface area contributed by atoms with Gasteiger partial charge in [-0.1, -0.05) is 125 Å². The van der Waals surface area contributed by atoms with Gasteiger partial charge in [-0.15, -0.1) is 0 Å². The Morgan fingerprint density at radius 1 is 0.574 bits per heavy atom. The van der Waals surface area contributed by atoms with Crippen molar-refractivity contribution in [3.63, 3.8) is 0 Å². The van der Waals surface area contributed by atoms with Crippen molar-refractivity contribution in [1.82, 2.24) is 0 Å². The second-order valence-corrected chi connectivity index (χ2v) is 16.1. The summed E-state index contributed by atoms with van der Waals surface area (Å²) in [5, 5.41) is 0. The normalized spacial score (nSPS) is 14.4. The van der Waals surface area contributed by atoms with Crippen LogP contribution in [0.25, 0.3) is 0 Å². The molecule has 10 heteroatoms. The van der Waals surface area contributed by atoms with E-state index >= 15 is 0 Å². The van der Waals surface area contributed by atoms with Gasteiger partial charge in [-0.25, -0.2) is 4.57 Å². The summed E-state index contributed by atoms with van der Waals surface area (Å²) in [5.74, 6) is -0.853. The third-order valence-electron chi connectivity index (χ3n) is 8.23. The quantitative estimate of drug-likeness (QED) is 0.0220. The number of quaternary nitrogens is 1. The zero-order valence-electron chi connectivity index (χ0n) is 34.7. The molecule has 0 heterocycles. The number of rotatable bonds is 36. The fourth-order valence-corrected chi connectivity index (χ4v) is 5.78. The fraction of sp³-hybridized carbons (Fsp3) is 0.682. The second kappa shape index (κ2) is 36.1. The molecule has 9 nitrogen and oxygen atoms in total. The zero-order chi connectivity index (χ0) is 40.0. The molecule has 0 aliphatic rings. The van der Waals surface area contributed by atoms with Crippen molar-refractivity contribution in [3.05, 3.63) is 72.9 Å². The lowest BCUT2D eigenvalue weighted by Gasteiger charge is -2.24. The van der Waals surface area contributed by atoms with Gasteiger partial charge in [0, 0.05) is 12.8 Å². The van der Waals surface area contributed by atoms with E-state index in [1.165, 1.54) is 19.3 Å². The van der Waals surface area contributed by atoms with Crippen molar-refractivity contribution >= 4 is 19.8 Å². The summed E-state index contributed by atoms with van der Waals surface area (Å²) in [6, 6.07) is 0. The van der Waals surface area contributed by atoms with Crippen LogP contribution in [0.15, 0.2) is 72.9 Å². The fourth-order valence-electron chi connectivity index (χ4n) is 5.04. The summed E-state index contributed by atoms with van der Waals surface area (Å²) in [6.45, 7) is 4.12. The van der Waals surface area contributed by atoms with E-state index in [1.807, 2.05) is 21.1 Å². The first-order valence-corrected chi connectivity index (χ1v) is 22.2. The SMILES string of the molecule is CC/C=C\C/C=C\C/C=C\CCCCCCCCCC(=O)OC(COC(=O)CCCCC/C=C\C/C=C\C/C=C\CC)COP(=O)(O)OCC[N+](C)(C)C. The largest absolute Gasteiger partial charge is 0.472 e. The molecular formula is C44H77NO8P+. The Labute approximate surface area is 329 Å². The summed E-state index contributed by atoms with van der Waals surface area (Å²) >= 11 is 0. The first kappa shape index (κ1) is 51.5. The number of hydrogen-bond acceptors (Lipinski definition) is 7. The Morgan fingerprint density at radius 2 is 1.00 bits per heavy atom. The van der Waals surface area contributed by atoms with E-state index in [2.05, 4.69) is 86.8 Å². The number of nitrogens with zero attached hydrogens (tertiary/aromatic N) is 1. The number of esters is 2. The van der Waals surface area contributed by atoms with Crippen molar-refractivity contribution in [2.75, 3.05) is 47.5 Å². The number of phosphoric ester groups is 1. The van der Waals surface area contributed by atoms with Crippen LogP contribution in [0.3, 0.4) is 0 Å². The number of carbonyl (C=O) groups is 2. The maximum absolute atomic E-state index is 12.7. The molecule has 310 valence electrons. The molecule has 0 aliphatic carbocycles. The maximum atomic E-state index is 12.7. The molecule has 2 unspecified atom stereocenters. The average Bonchev–Trinajstić information content (AvgIpc) is 3.12. The van der Waals surface area contributed by atoms with Gasteiger partial charge in [-0.2, -0.15) is 0 Å². The number of carbonyl (C=O) groups excluding carboxylic acids is 2. The molecule has 1 N–H and O–H groups in total. The lowest BCUT2D eigenvalue weighted by Crippen LogP contribution is -2.37. The minimum atomic E-state index is -4.38. The van der Waals surface area contributed by atoms with Gasteiger partial charge < -0.3 is 18.9 Å². The third kappa shape index (κ3) is 39.2. The van der Waals surface area contributed by atoms with Gasteiger partial charge in [-0.05, 0) is 77.0 Å². The van der Waals surface area contributed by atoms with Gasteiger partial charge in [0.2, 0.25) is 0 Å². The van der Waals surface area contributed by atoms with Gasteiger partial charge in [0.25, 0.3) is 0 Å². The van der Waals surface area contributed by atoms with Crippen molar-refractivity contribution in [3.8, 4) is 0 Å². The van der Waals surface area contributed by atoms with Crippen LogP contribution in [0.4, 0.5) is 0 Å².